The lowest BCUT2D eigenvalue weighted by Crippen LogP contribution is -2.30. The first-order valence-electron chi connectivity index (χ1n) is 7.98. The van der Waals surface area contributed by atoms with Crippen LogP contribution in [0.15, 0.2) is 58.3 Å². The van der Waals surface area contributed by atoms with E-state index >= 15 is 0 Å². The van der Waals surface area contributed by atoms with Crippen molar-refractivity contribution < 1.29 is 13.2 Å². The monoisotopic (exact) mass is 378 g/mol. The van der Waals surface area contributed by atoms with Crippen LogP contribution in [0, 0.1) is 0 Å². The summed E-state index contributed by atoms with van der Waals surface area (Å²) in [7, 11) is -3.59. The molecule has 0 aliphatic rings. The Labute approximate surface area is 153 Å². The van der Waals surface area contributed by atoms with E-state index in [1.165, 1.54) is 16.4 Å². The van der Waals surface area contributed by atoms with Crippen LogP contribution in [0.1, 0.15) is 24.2 Å². The number of nitrogens with one attached hydrogen (secondary N) is 1. The Kier molecular flexibility index (Phi) is 6.64. The van der Waals surface area contributed by atoms with Crippen LogP contribution in [-0.2, 0) is 10.0 Å². The number of hydrogen-bond donors (Lipinski definition) is 1. The fourth-order valence-electron chi connectivity index (χ4n) is 2.39. The van der Waals surface area contributed by atoms with E-state index in [0.29, 0.717) is 24.3 Å². The number of anilines is 1. The first-order chi connectivity index (χ1) is 11.9. The smallest absolute Gasteiger partial charge is 0.255 e. The van der Waals surface area contributed by atoms with Gasteiger partial charge in [0, 0.05) is 29.2 Å². The summed E-state index contributed by atoms with van der Waals surface area (Å²) in [4.78, 5) is 13.7. The molecule has 1 N–H and O–H groups in total. The molecule has 0 spiro atoms. The van der Waals surface area contributed by atoms with E-state index in [9.17, 15) is 13.2 Å². The van der Waals surface area contributed by atoms with Crippen LogP contribution < -0.4 is 5.32 Å². The number of sulfonamides is 1. The molecule has 0 aromatic heterocycles. The second kappa shape index (κ2) is 8.51. The van der Waals surface area contributed by atoms with Gasteiger partial charge in [0.1, 0.15) is 0 Å². The van der Waals surface area contributed by atoms with Gasteiger partial charge in [0.25, 0.3) is 5.91 Å². The molecule has 25 heavy (non-hydrogen) atoms. The minimum Gasteiger partial charge on any atom is -0.322 e. The Balaban J connectivity index is 2.23. The number of rotatable bonds is 7. The van der Waals surface area contributed by atoms with E-state index in [1.54, 1.807) is 37.7 Å². The highest BCUT2D eigenvalue weighted by Crippen LogP contribution is 2.20. The Hall–Kier alpha value is -1.83. The largest absolute Gasteiger partial charge is 0.322 e. The van der Waals surface area contributed by atoms with Gasteiger partial charge in [0.15, 0.2) is 0 Å². The number of benzene rings is 2. The molecule has 0 bridgehead atoms. The average Bonchev–Trinajstić information content (AvgIpc) is 2.63. The molecule has 0 aliphatic carbocycles. The molecule has 5 nitrogen and oxygen atoms in total. The van der Waals surface area contributed by atoms with Crippen LogP contribution in [0.25, 0.3) is 0 Å². The fourth-order valence-corrected chi connectivity index (χ4v) is 4.30. The zero-order chi connectivity index (χ0) is 18.4. The Morgan fingerprint density at radius 2 is 1.72 bits per heavy atom. The van der Waals surface area contributed by atoms with Crippen LogP contribution in [0.2, 0.25) is 0 Å². The third-order valence-electron chi connectivity index (χ3n) is 3.79. The van der Waals surface area contributed by atoms with Crippen molar-refractivity contribution in [1.82, 2.24) is 4.31 Å². The SMILES string of the molecule is CCN(CC)S(=O)(=O)c1cccc(C(=O)Nc2ccc(SC)cc2)c1. The van der Waals surface area contributed by atoms with Gasteiger partial charge in [-0.05, 0) is 48.7 Å². The van der Waals surface area contributed by atoms with Crippen molar-refractivity contribution in [3.63, 3.8) is 0 Å². The maximum atomic E-state index is 12.6. The van der Waals surface area contributed by atoms with Crippen LogP contribution in [0.4, 0.5) is 5.69 Å². The maximum absolute atomic E-state index is 12.6. The van der Waals surface area contributed by atoms with Crippen molar-refractivity contribution in [1.29, 1.82) is 0 Å². The van der Waals surface area contributed by atoms with Gasteiger partial charge >= 0.3 is 0 Å². The molecule has 134 valence electrons. The van der Waals surface area contributed by atoms with Gasteiger partial charge in [0.2, 0.25) is 10.0 Å². The number of carbonyl (C=O) groups excluding carboxylic acids is 1. The zero-order valence-electron chi connectivity index (χ0n) is 14.5. The van der Waals surface area contributed by atoms with E-state index in [0.717, 1.165) is 4.90 Å². The molecule has 0 aliphatic heterocycles. The number of thioether (sulfide) groups is 1. The number of nitrogens with zero attached hydrogens (tertiary/aromatic N) is 1. The van der Waals surface area contributed by atoms with Gasteiger partial charge < -0.3 is 5.32 Å². The van der Waals surface area contributed by atoms with Crippen LogP contribution in [0.3, 0.4) is 0 Å². The topological polar surface area (TPSA) is 66.5 Å². The molecule has 0 radical (unpaired) electrons. The normalized spacial score (nSPS) is 11.5. The summed E-state index contributed by atoms with van der Waals surface area (Å²) in [5.41, 5.74) is 0.974. The van der Waals surface area contributed by atoms with E-state index in [4.69, 9.17) is 0 Å². The van der Waals surface area contributed by atoms with Gasteiger partial charge in [-0.3, -0.25) is 4.79 Å². The maximum Gasteiger partial charge on any atom is 0.255 e. The molecule has 0 fully saturated rings. The minimum atomic E-state index is -3.59. The van der Waals surface area contributed by atoms with Gasteiger partial charge in [-0.15, -0.1) is 11.8 Å². The van der Waals surface area contributed by atoms with Crippen LogP contribution in [-0.4, -0.2) is 38.0 Å². The average molecular weight is 379 g/mol. The summed E-state index contributed by atoms with van der Waals surface area (Å²) in [5, 5.41) is 2.79. The van der Waals surface area contributed by atoms with Gasteiger partial charge in [0.05, 0.1) is 4.90 Å². The molecule has 2 rings (SSSR count). The molecule has 0 atom stereocenters. The molecular formula is C18H22N2O3S2. The quantitative estimate of drug-likeness (QED) is 0.746. The predicted molar refractivity (Wildman–Crippen MR) is 103 cm³/mol. The number of hydrogen-bond acceptors (Lipinski definition) is 4. The highest BCUT2D eigenvalue weighted by Gasteiger charge is 2.22. The van der Waals surface area contributed by atoms with Crippen molar-refractivity contribution in [3.8, 4) is 0 Å². The second-order valence-electron chi connectivity index (χ2n) is 5.30. The van der Waals surface area contributed by atoms with E-state index in [1.807, 2.05) is 30.5 Å². The lowest BCUT2D eigenvalue weighted by Gasteiger charge is -2.18. The Morgan fingerprint density at radius 1 is 1.08 bits per heavy atom. The van der Waals surface area contributed by atoms with Crippen molar-refractivity contribution in [2.24, 2.45) is 0 Å². The molecule has 0 saturated carbocycles. The van der Waals surface area contributed by atoms with Gasteiger partial charge in [-0.25, -0.2) is 8.42 Å². The van der Waals surface area contributed by atoms with Crippen LogP contribution in [0.5, 0.6) is 0 Å². The summed E-state index contributed by atoms with van der Waals surface area (Å²) in [6, 6.07) is 13.6. The number of carbonyl (C=O) groups is 1. The summed E-state index contributed by atoms with van der Waals surface area (Å²) in [5.74, 6) is -0.339. The summed E-state index contributed by atoms with van der Waals surface area (Å²) >= 11 is 1.62. The van der Waals surface area contributed by atoms with Crippen molar-refractivity contribution in [2.45, 2.75) is 23.6 Å². The lowest BCUT2D eigenvalue weighted by atomic mass is 10.2. The van der Waals surface area contributed by atoms with Crippen molar-refractivity contribution in [2.75, 3.05) is 24.7 Å². The molecule has 7 heteroatoms. The first-order valence-corrected chi connectivity index (χ1v) is 10.6. The standard InChI is InChI=1S/C18H22N2O3S2/c1-4-20(5-2)25(22,23)17-8-6-7-14(13-17)18(21)19-15-9-11-16(24-3)12-10-15/h6-13H,4-5H2,1-3H3,(H,19,21). The molecule has 2 aromatic rings. The molecule has 1 amide bonds. The zero-order valence-corrected chi connectivity index (χ0v) is 16.2. The Bertz CT molecular complexity index is 830. The fraction of sp³-hybridized carbons (Fsp3) is 0.278. The van der Waals surface area contributed by atoms with Crippen LogP contribution >= 0.6 is 11.8 Å². The van der Waals surface area contributed by atoms with E-state index in [2.05, 4.69) is 5.32 Å². The minimum absolute atomic E-state index is 0.126. The highest BCUT2D eigenvalue weighted by atomic mass is 32.2. The summed E-state index contributed by atoms with van der Waals surface area (Å²) in [6.45, 7) is 4.35. The highest BCUT2D eigenvalue weighted by molar-refractivity contribution is 7.98. The molecule has 0 unspecified atom stereocenters. The third-order valence-corrected chi connectivity index (χ3v) is 6.58. The molecular weight excluding hydrogens is 356 g/mol. The summed E-state index contributed by atoms with van der Waals surface area (Å²) in [6.07, 6.45) is 1.98. The lowest BCUT2D eigenvalue weighted by molar-refractivity contribution is 0.102. The molecule has 0 saturated heterocycles. The predicted octanol–water partition coefficient (Wildman–Crippen LogP) is 3.69. The summed E-state index contributed by atoms with van der Waals surface area (Å²) < 4.78 is 26.5. The number of amides is 1. The second-order valence-corrected chi connectivity index (χ2v) is 8.12. The van der Waals surface area contributed by atoms with Crippen molar-refractivity contribution in [3.05, 3.63) is 54.1 Å². The molecule has 2 aromatic carbocycles. The van der Waals surface area contributed by atoms with E-state index in [-0.39, 0.29) is 10.8 Å². The molecule has 0 heterocycles. The third kappa shape index (κ3) is 4.62. The van der Waals surface area contributed by atoms with E-state index < -0.39 is 10.0 Å². The first kappa shape index (κ1) is 19.5. The Morgan fingerprint density at radius 3 is 2.28 bits per heavy atom. The van der Waals surface area contributed by atoms with Crippen molar-refractivity contribution >= 4 is 33.4 Å². The van der Waals surface area contributed by atoms with Gasteiger partial charge in [-0.1, -0.05) is 19.9 Å². The van der Waals surface area contributed by atoms with Gasteiger partial charge in [-0.2, -0.15) is 4.31 Å².